The van der Waals surface area contributed by atoms with Crippen LogP contribution in [0.4, 0.5) is 0 Å². The van der Waals surface area contributed by atoms with Crippen molar-refractivity contribution in [2.75, 3.05) is 0 Å². The second-order valence-corrected chi connectivity index (χ2v) is 5.11. The van der Waals surface area contributed by atoms with Crippen molar-refractivity contribution in [3.05, 3.63) is 59.1 Å². The summed E-state index contributed by atoms with van der Waals surface area (Å²) in [6, 6.07) is 9.02. The van der Waals surface area contributed by atoms with Crippen LogP contribution in [0, 0.1) is 13.8 Å². The zero-order valence-corrected chi connectivity index (χ0v) is 12.3. The average Bonchev–Trinajstić information content (AvgIpc) is 2.82. The van der Waals surface area contributed by atoms with Gasteiger partial charge in [0.2, 0.25) is 0 Å². The van der Waals surface area contributed by atoms with Crippen LogP contribution in [0.2, 0.25) is 0 Å². The number of aromatic carboxylic acids is 1. The summed E-state index contributed by atoms with van der Waals surface area (Å²) >= 11 is 0. The van der Waals surface area contributed by atoms with Gasteiger partial charge in [0.1, 0.15) is 29.3 Å². The number of pyridine rings is 1. The van der Waals surface area contributed by atoms with Gasteiger partial charge in [-0.25, -0.2) is 4.79 Å². The summed E-state index contributed by atoms with van der Waals surface area (Å²) in [6.07, 6.45) is 1.78. The van der Waals surface area contributed by atoms with Gasteiger partial charge in [-0.2, -0.15) is 0 Å². The summed E-state index contributed by atoms with van der Waals surface area (Å²) in [5.41, 5.74) is 2.61. The Morgan fingerprint density at radius 2 is 2.09 bits per heavy atom. The average molecular weight is 297 g/mol. The largest absolute Gasteiger partial charge is 0.487 e. The molecule has 0 bridgehead atoms. The van der Waals surface area contributed by atoms with Gasteiger partial charge < -0.3 is 14.3 Å². The van der Waals surface area contributed by atoms with Crippen molar-refractivity contribution in [3.63, 3.8) is 0 Å². The highest BCUT2D eigenvalue weighted by Gasteiger charge is 2.17. The molecule has 0 saturated carbocycles. The number of rotatable bonds is 4. The number of aromatic nitrogens is 1. The normalized spacial score (nSPS) is 10.8. The Morgan fingerprint density at radius 1 is 1.27 bits per heavy atom. The number of carboxylic acids is 1. The maximum absolute atomic E-state index is 11.3. The van der Waals surface area contributed by atoms with E-state index in [-0.39, 0.29) is 5.56 Å². The first-order valence-corrected chi connectivity index (χ1v) is 6.85. The summed E-state index contributed by atoms with van der Waals surface area (Å²) in [7, 11) is 0. The second kappa shape index (κ2) is 5.52. The van der Waals surface area contributed by atoms with Crippen LogP contribution in [0.1, 0.15) is 27.4 Å². The highest BCUT2D eigenvalue weighted by molar-refractivity contribution is 6.03. The number of hydrogen-bond donors (Lipinski definition) is 1. The molecule has 0 aliphatic rings. The molecule has 3 aromatic rings. The van der Waals surface area contributed by atoms with E-state index in [4.69, 9.17) is 9.15 Å². The van der Waals surface area contributed by atoms with Crippen LogP contribution in [0.3, 0.4) is 0 Å². The maximum atomic E-state index is 11.3. The molecule has 5 heteroatoms. The Balaban J connectivity index is 1.86. The minimum absolute atomic E-state index is 0.175. The fourth-order valence-electron chi connectivity index (χ4n) is 2.30. The Bertz CT molecular complexity index is 834. The van der Waals surface area contributed by atoms with Crippen LogP contribution in [0.5, 0.6) is 5.75 Å². The molecule has 2 aromatic heterocycles. The van der Waals surface area contributed by atoms with Crippen molar-refractivity contribution in [1.82, 2.24) is 4.98 Å². The second-order valence-electron chi connectivity index (χ2n) is 5.11. The van der Waals surface area contributed by atoms with Crippen LogP contribution >= 0.6 is 0 Å². The summed E-state index contributed by atoms with van der Waals surface area (Å²) in [5, 5.41) is 9.81. The first-order valence-electron chi connectivity index (χ1n) is 6.85. The molecule has 0 amide bonds. The molecule has 1 aromatic carbocycles. The van der Waals surface area contributed by atoms with Crippen molar-refractivity contribution in [3.8, 4) is 5.75 Å². The smallest absolute Gasteiger partial charge is 0.339 e. The predicted octanol–water partition coefficient (Wildman–Crippen LogP) is 3.72. The Hall–Kier alpha value is -2.82. The van der Waals surface area contributed by atoms with Gasteiger partial charge in [-0.1, -0.05) is 6.07 Å². The van der Waals surface area contributed by atoms with Crippen LogP contribution in [-0.4, -0.2) is 16.1 Å². The first-order chi connectivity index (χ1) is 10.5. The van der Waals surface area contributed by atoms with E-state index in [0.29, 0.717) is 29.1 Å². The fourth-order valence-corrected chi connectivity index (χ4v) is 2.30. The van der Waals surface area contributed by atoms with E-state index in [1.807, 2.05) is 19.1 Å². The maximum Gasteiger partial charge on any atom is 0.339 e. The molecule has 0 saturated heterocycles. The third-order valence-electron chi connectivity index (χ3n) is 3.41. The zero-order chi connectivity index (χ0) is 15.7. The quantitative estimate of drug-likeness (QED) is 0.794. The van der Waals surface area contributed by atoms with E-state index >= 15 is 0 Å². The molecule has 1 N–H and O–H groups in total. The van der Waals surface area contributed by atoms with Crippen molar-refractivity contribution >= 4 is 16.9 Å². The van der Waals surface area contributed by atoms with Crippen LogP contribution < -0.4 is 4.74 Å². The highest BCUT2D eigenvalue weighted by Crippen LogP contribution is 2.29. The summed E-state index contributed by atoms with van der Waals surface area (Å²) in [6.45, 7) is 3.94. The minimum Gasteiger partial charge on any atom is -0.487 e. The van der Waals surface area contributed by atoms with E-state index in [1.165, 1.54) is 0 Å². The lowest BCUT2D eigenvalue weighted by atomic mass is 10.1. The molecular weight excluding hydrogens is 282 g/mol. The topological polar surface area (TPSA) is 72.6 Å². The van der Waals surface area contributed by atoms with Crippen molar-refractivity contribution in [2.24, 2.45) is 0 Å². The van der Waals surface area contributed by atoms with E-state index in [9.17, 15) is 9.90 Å². The number of hydrogen-bond acceptors (Lipinski definition) is 4. The minimum atomic E-state index is -1.01. The Kier molecular flexibility index (Phi) is 3.55. The van der Waals surface area contributed by atoms with Crippen molar-refractivity contribution in [2.45, 2.75) is 20.5 Å². The number of furan rings is 1. The number of aryl methyl sites for hydroxylation is 2. The van der Waals surface area contributed by atoms with E-state index < -0.39 is 5.97 Å². The molecule has 0 spiro atoms. The number of nitrogens with zero attached hydrogens (tertiary/aromatic N) is 1. The van der Waals surface area contributed by atoms with Gasteiger partial charge in [-0.15, -0.1) is 0 Å². The number of carbonyl (C=O) groups is 1. The molecule has 0 fully saturated rings. The Morgan fingerprint density at radius 3 is 2.77 bits per heavy atom. The first kappa shape index (κ1) is 14.1. The third-order valence-corrected chi connectivity index (χ3v) is 3.41. The molecule has 0 atom stereocenters. The van der Waals surface area contributed by atoms with Gasteiger partial charge in [0.15, 0.2) is 0 Å². The van der Waals surface area contributed by atoms with E-state index in [1.54, 1.807) is 31.3 Å². The molecule has 3 rings (SSSR count). The predicted molar refractivity (Wildman–Crippen MR) is 81.2 cm³/mol. The molecule has 22 heavy (non-hydrogen) atoms. The van der Waals surface area contributed by atoms with Gasteiger partial charge in [-0.3, -0.25) is 4.98 Å². The van der Waals surface area contributed by atoms with E-state index in [0.717, 1.165) is 11.3 Å². The third kappa shape index (κ3) is 2.65. The fraction of sp³-hybridized carbons (Fsp3) is 0.176. The number of benzene rings is 1. The van der Waals surface area contributed by atoms with Crippen molar-refractivity contribution < 1.29 is 19.1 Å². The van der Waals surface area contributed by atoms with E-state index in [2.05, 4.69) is 4.98 Å². The molecule has 0 radical (unpaired) electrons. The summed E-state index contributed by atoms with van der Waals surface area (Å²) in [5.74, 6) is -0.0355. The number of fused-ring (bicyclic) bond motifs is 1. The number of carboxylic acid groups (broad SMARTS) is 1. The summed E-state index contributed by atoms with van der Waals surface area (Å²) in [4.78, 5) is 15.6. The van der Waals surface area contributed by atoms with Gasteiger partial charge in [0.05, 0.1) is 5.69 Å². The SMILES string of the molecule is Cc1ccc(COc2ccc3oc(C)c(C(=O)O)c3c2)nc1. The van der Waals surface area contributed by atoms with Crippen LogP contribution in [0.25, 0.3) is 11.0 Å². The lowest BCUT2D eigenvalue weighted by Crippen LogP contribution is -1.99. The van der Waals surface area contributed by atoms with Gasteiger partial charge in [0.25, 0.3) is 0 Å². The lowest BCUT2D eigenvalue weighted by molar-refractivity contribution is 0.0697. The Labute approximate surface area is 127 Å². The van der Waals surface area contributed by atoms with Gasteiger partial charge >= 0.3 is 5.97 Å². The summed E-state index contributed by atoms with van der Waals surface area (Å²) < 4.78 is 11.1. The van der Waals surface area contributed by atoms with Crippen LogP contribution in [-0.2, 0) is 6.61 Å². The molecule has 0 aliphatic heterocycles. The molecule has 112 valence electrons. The molecular formula is C17H15NO4. The highest BCUT2D eigenvalue weighted by atomic mass is 16.5. The molecule has 5 nitrogen and oxygen atoms in total. The molecule has 0 unspecified atom stereocenters. The van der Waals surface area contributed by atoms with Gasteiger partial charge in [0, 0.05) is 11.6 Å². The monoisotopic (exact) mass is 297 g/mol. The zero-order valence-electron chi connectivity index (χ0n) is 12.3. The van der Waals surface area contributed by atoms with Gasteiger partial charge in [-0.05, 0) is 43.7 Å². The van der Waals surface area contributed by atoms with Crippen molar-refractivity contribution in [1.29, 1.82) is 0 Å². The molecule has 2 heterocycles. The lowest BCUT2D eigenvalue weighted by Gasteiger charge is -2.06. The molecule has 0 aliphatic carbocycles. The standard InChI is InChI=1S/C17H15NO4/c1-10-3-4-12(18-8-10)9-21-13-5-6-15-14(7-13)16(17(19)20)11(2)22-15/h3-8H,9H2,1-2H3,(H,19,20). The number of ether oxygens (including phenoxy) is 1. The van der Waals surface area contributed by atoms with Crippen LogP contribution in [0.15, 0.2) is 40.9 Å².